The zero-order valence-corrected chi connectivity index (χ0v) is 17.1. The van der Waals surface area contributed by atoms with E-state index in [0.29, 0.717) is 28.5 Å². The van der Waals surface area contributed by atoms with Gasteiger partial charge in [0.1, 0.15) is 12.4 Å². The third-order valence-electron chi connectivity index (χ3n) is 3.69. The molecule has 0 aliphatic carbocycles. The molecule has 0 atom stereocenters. The second-order valence-corrected chi connectivity index (χ2v) is 7.34. The van der Waals surface area contributed by atoms with Crippen LogP contribution in [0.25, 0.3) is 0 Å². The average molecular weight is 491 g/mol. The van der Waals surface area contributed by atoms with Gasteiger partial charge in [0.05, 0.1) is 6.21 Å². The predicted octanol–water partition coefficient (Wildman–Crippen LogP) is 5.29. The van der Waals surface area contributed by atoms with E-state index in [0.717, 1.165) is 9.13 Å². The number of rotatable bonds is 6. The Morgan fingerprint density at radius 2 is 1.81 bits per heavy atom. The van der Waals surface area contributed by atoms with E-state index < -0.39 is 0 Å². The summed E-state index contributed by atoms with van der Waals surface area (Å²) in [4.78, 5) is 12.1. The molecule has 1 N–H and O–H groups in total. The van der Waals surface area contributed by atoms with Gasteiger partial charge in [-0.25, -0.2) is 5.43 Å². The fourth-order valence-electron chi connectivity index (χ4n) is 2.31. The SMILES string of the molecule is O=C(N/N=C\c1cc(Cl)ccc1OCc1ccccc1)c1ccc(I)cc1. The first-order valence-electron chi connectivity index (χ1n) is 8.17. The Morgan fingerprint density at radius 3 is 2.56 bits per heavy atom. The third-order valence-corrected chi connectivity index (χ3v) is 4.64. The number of halogens is 2. The van der Waals surface area contributed by atoms with Crippen molar-refractivity contribution in [3.8, 4) is 5.75 Å². The van der Waals surface area contributed by atoms with Crippen LogP contribution in [-0.4, -0.2) is 12.1 Å². The maximum absolute atomic E-state index is 12.1. The minimum Gasteiger partial charge on any atom is -0.488 e. The van der Waals surface area contributed by atoms with Crippen molar-refractivity contribution in [3.63, 3.8) is 0 Å². The number of ether oxygens (including phenoxy) is 1. The van der Waals surface area contributed by atoms with Crippen LogP contribution in [0.2, 0.25) is 5.02 Å². The molecule has 4 nitrogen and oxygen atoms in total. The van der Waals surface area contributed by atoms with E-state index in [1.54, 1.807) is 30.3 Å². The zero-order valence-electron chi connectivity index (χ0n) is 14.2. The first-order valence-corrected chi connectivity index (χ1v) is 9.63. The molecule has 0 heterocycles. The summed E-state index contributed by atoms with van der Waals surface area (Å²) in [5, 5.41) is 4.59. The van der Waals surface area contributed by atoms with E-state index >= 15 is 0 Å². The number of hydrazone groups is 1. The van der Waals surface area contributed by atoms with Crippen LogP contribution in [0.1, 0.15) is 21.5 Å². The van der Waals surface area contributed by atoms with E-state index in [9.17, 15) is 4.79 Å². The van der Waals surface area contributed by atoms with Gasteiger partial charge in [-0.15, -0.1) is 0 Å². The van der Waals surface area contributed by atoms with Gasteiger partial charge in [-0.2, -0.15) is 5.10 Å². The summed E-state index contributed by atoms with van der Waals surface area (Å²) in [6, 6.07) is 22.4. The summed E-state index contributed by atoms with van der Waals surface area (Å²) in [7, 11) is 0. The molecule has 6 heteroatoms. The molecular formula is C21H16ClIN2O2. The highest BCUT2D eigenvalue weighted by molar-refractivity contribution is 14.1. The van der Waals surface area contributed by atoms with Crippen molar-refractivity contribution in [1.82, 2.24) is 5.43 Å². The first-order chi connectivity index (χ1) is 13.1. The van der Waals surface area contributed by atoms with Crippen molar-refractivity contribution in [2.75, 3.05) is 0 Å². The second kappa shape index (κ2) is 9.53. The van der Waals surface area contributed by atoms with E-state index in [2.05, 4.69) is 33.1 Å². The lowest BCUT2D eigenvalue weighted by Crippen LogP contribution is -2.17. The van der Waals surface area contributed by atoms with Gasteiger partial charge in [-0.3, -0.25) is 4.79 Å². The summed E-state index contributed by atoms with van der Waals surface area (Å²) in [6.45, 7) is 0.429. The number of hydrogen-bond donors (Lipinski definition) is 1. The van der Waals surface area contributed by atoms with Gasteiger partial charge in [0.2, 0.25) is 0 Å². The molecule has 3 rings (SSSR count). The predicted molar refractivity (Wildman–Crippen MR) is 116 cm³/mol. The van der Waals surface area contributed by atoms with Gasteiger partial charge in [-0.1, -0.05) is 41.9 Å². The molecule has 3 aromatic carbocycles. The summed E-state index contributed by atoms with van der Waals surface area (Å²) in [5.74, 6) is 0.354. The lowest BCUT2D eigenvalue weighted by Gasteiger charge is -2.09. The van der Waals surface area contributed by atoms with Crippen molar-refractivity contribution in [2.45, 2.75) is 6.61 Å². The summed E-state index contributed by atoms with van der Waals surface area (Å²) in [6.07, 6.45) is 1.52. The maximum atomic E-state index is 12.1. The Bertz CT molecular complexity index is 944. The topological polar surface area (TPSA) is 50.7 Å². The molecular weight excluding hydrogens is 475 g/mol. The largest absolute Gasteiger partial charge is 0.488 e. The molecule has 0 saturated carbocycles. The van der Waals surface area contributed by atoms with Crippen LogP contribution in [0.4, 0.5) is 0 Å². The number of nitrogens with zero attached hydrogens (tertiary/aromatic N) is 1. The monoisotopic (exact) mass is 490 g/mol. The highest BCUT2D eigenvalue weighted by atomic mass is 127. The minimum atomic E-state index is -0.281. The molecule has 0 aliphatic rings. The lowest BCUT2D eigenvalue weighted by molar-refractivity contribution is 0.0955. The minimum absolute atomic E-state index is 0.281. The average Bonchev–Trinajstić information content (AvgIpc) is 2.68. The van der Waals surface area contributed by atoms with Crippen molar-refractivity contribution in [3.05, 3.63) is 98.1 Å². The van der Waals surface area contributed by atoms with Crippen LogP contribution >= 0.6 is 34.2 Å². The molecule has 0 radical (unpaired) electrons. The zero-order chi connectivity index (χ0) is 19.1. The number of hydrogen-bond acceptors (Lipinski definition) is 3. The van der Waals surface area contributed by atoms with Gasteiger partial charge in [-0.05, 0) is 70.6 Å². The number of carbonyl (C=O) groups is 1. The van der Waals surface area contributed by atoms with Crippen molar-refractivity contribution < 1.29 is 9.53 Å². The number of nitrogens with one attached hydrogen (secondary N) is 1. The van der Waals surface area contributed by atoms with E-state index in [1.807, 2.05) is 42.5 Å². The Labute approximate surface area is 176 Å². The molecule has 0 aromatic heterocycles. The molecule has 27 heavy (non-hydrogen) atoms. The molecule has 0 bridgehead atoms. The molecule has 0 aliphatic heterocycles. The van der Waals surface area contributed by atoms with Gasteiger partial charge in [0.15, 0.2) is 0 Å². The van der Waals surface area contributed by atoms with E-state index in [-0.39, 0.29) is 5.91 Å². The van der Waals surface area contributed by atoms with Crippen LogP contribution in [0, 0.1) is 3.57 Å². The van der Waals surface area contributed by atoms with Gasteiger partial charge in [0, 0.05) is 19.7 Å². The van der Waals surface area contributed by atoms with Gasteiger partial charge >= 0.3 is 0 Å². The lowest BCUT2D eigenvalue weighted by atomic mass is 10.2. The smallest absolute Gasteiger partial charge is 0.271 e. The standard InChI is InChI=1S/C21H16ClIN2O2/c22-18-8-11-20(27-14-15-4-2-1-3-5-15)17(12-18)13-24-25-21(26)16-6-9-19(23)10-7-16/h1-13H,14H2,(H,25,26)/b24-13-. The van der Waals surface area contributed by atoms with Crippen molar-refractivity contribution >= 4 is 46.3 Å². The fourth-order valence-corrected chi connectivity index (χ4v) is 2.85. The molecule has 136 valence electrons. The number of carbonyl (C=O) groups excluding carboxylic acids is 1. The summed E-state index contributed by atoms with van der Waals surface area (Å²) >= 11 is 8.27. The normalized spacial score (nSPS) is 10.7. The summed E-state index contributed by atoms with van der Waals surface area (Å²) in [5.41, 5.74) is 4.80. The van der Waals surface area contributed by atoms with Crippen LogP contribution in [-0.2, 0) is 6.61 Å². The van der Waals surface area contributed by atoms with Crippen molar-refractivity contribution in [1.29, 1.82) is 0 Å². The summed E-state index contributed by atoms with van der Waals surface area (Å²) < 4.78 is 6.93. The quantitative estimate of drug-likeness (QED) is 0.290. The van der Waals surface area contributed by atoms with Crippen LogP contribution in [0.3, 0.4) is 0 Å². The molecule has 0 unspecified atom stereocenters. The second-order valence-electron chi connectivity index (χ2n) is 5.66. The maximum Gasteiger partial charge on any atom is 0.271 e. The molecule has 0 spiro atoms. The van der Waals surface area contributed by atoms with E-state index in [1.165, 1.54) is 6.21 Å². The number of amides is 1. The highest BCUT2D eigenvalue weighted by Gasteiger charge is 2.06. The Hall–Kier alpha value is -2.38. The van der Waals surface area contributed by atoms with Crippen LogP contribution in [0.5, 0.6) is 5.75 Å². The molecule has 0 saturated heterocycles. The van der Waals surface area contributed by atoms with Crippen LogP contribution in [0.15, 0.2) is 77.9 Å². The molecule has 0 fully saturated rings. The number of benzene rings is 3. The highest BCUT2D eigenvalue weighted by Crippen LogP contribution is 2.22. The fraction of sp³-hybridized carbons (Fsp3) is 0.0476. The Morgan fingerprint density at radius 1 is 1.07 bits per heavy atom. The Balaban J connectivity index is 1.68. The molecule has 1 amide bonds. The van der Waals surface area contributed by atoms with Crippen molar-refractivity contribution in [2.24, 2.45) is 5.10 Å². The van der Waals surface area contributed by atoms with Crippen LogP contribution < -0.4 is 10.2 Å². The van der Waals surface area contributed by atoms with E-state index in [4.69, 9.17) is 16.3 Å². The van der Waals surface area contributed by atoms with Gasteiger partial charge in [0.25, 0.3) is 5.91 Å². The van der Waals surface area contributed by atoms with Gasteiger partial charge < -0.3 is 4.74 Å². The third kappa shape index (κ3) is 5.80. The molecule has 3 aromatic rings. The first kappa shape index (κ1) is 19.4. The Kier molecular flexibility index (Phi) is 6.84.